The minimum Gasteiger partial charge on any atom is -0.508 e. The van der Waals surface area contributed by atoms with Crippen LogP contribution in [0, 0.1) is 0 Å². The predicted octanol–water partition coefficient (Wildman–Crippen LogP) is 1.12. The number of phenolic OH excluding ortho intramolecular Hbond substituents is 2. The highest BCUT2D eigenvalue weighted by Gasteiger charge is 2.09. The molecule has 86 valence electrons. The van der Waals surface area contributed by atoms with E-state index >= 15 is 0 Å². The molecule has 0 amide bonds. The van der Waals surface area contributed by atoms with Crippen molar-refractivity contribution in [2.75, 3.05) is 0 Å². The van der Waals surface area contributed by atoms with Crippen LogP contribution in [-0.2, 0) is 20.7 Å². The molecule has 5 heteroatoms. The lowest BCUT2D eigenvalue weighted by atomic mass is 10.1. The highest BCUT2D eigenvalue weighted by molar-refractivity contribution is 5.84. The minimum atomic E-state index is -0.653. The van der Waals surface area contributed by atoms with Gasteiger partial charge < -0.3 is 14.9 Å². The number of aryl methyl sites for hydroxylation is 1. The lowest BCUT2D eigenvalue weighted by Crippen LogP contribution is -2.09. The first-order valence-corrected chi connectivity index (χ1v) is 4.71. The smallest absolute Gasteiger partial charge is 0.313 e. The van der Waals surface area contributed by atoms with Crippen molar-refractivity contribution in [2.45, 2.75) is 19.8 Å². The molecule has 1 aromatic carbocycles. The van der Waals surface area contributed by atoms with E-state index < -0.39 is 11.9 Å². The number of carbonyl (C=O) groups excluding carboxylic acids is 2. The topological polar surface area (TPSA) is 83.8 Å². The van der Waals surface area contributed by atoms with Crippen molar-refractivity contribution in [3.05, 3.63) is 23.8 Å². The van der Waals surface area contributed by atoms with Gasteiger partial charge in [-0.15, -0.1) is 0 Å². The molecule has 0 aliphatic heterocycles. The minimum absolute atomic E-state index is 0.00207. The second-order valence-corrected chi connectivity index (χ2v) is 3.28. The molecule has 0 spiro atoms. The summed E-state index contributed by atoms with van der Waals surface area (Å²) < 4.78 is 4.33. The molecule has 0 aromatic heterocycles. The third-order valence-electron chi connectivity index (χ3n) is 1.92. The van der Waals surface area contributed by atoms with Crippen LogP contribution in [0.1, 0.15) is 18.9 Å². The summed E-state index contributed by atoms with van der Waals surface area (Å²) in [6, 6.07) is 4.10. The average Bonchev–Trinajstić information content (AvgIpc) is 2.15. The Kier molecular flexibility index (Phi) is 3.88. The van der Waals surface area contributed by atoms with Crippen LogP contribution in [0.4, 0.5) is 0 Å². The third-order valence-corrected chi connectivity index (χ3v) is 1.92. The van der Waals surface area contributed by atoms with Crippen molar-refractivity contribution in [3.8, 4) is 11.5 Å². The summed E-state index contributed by atoms with van der Waals surface area (Å²) in [4.78, 5) is 21.5. The molecule has 0 radical (unpaired) electrons. The van der Waals surface area contributed by atoms with E-state index in [9.17, 15) is 14.7 Å². The second kappa shape index (κ2) is 5.16. The van der Waals surface area contributed by atoms with Gasteiger partial charge in [-0.3, -0.25) is 9.59 Å². The molecule has 0 aliphatic rings. The fourth-order valence-electron chi connectivity index (χ4n) is 1.21. The number of rotatable bonds is 3. The molecule has 5 nitrogen and oxygen atoms in total. The molecule has 16 heavy (non-hydrogen) atoms. The monoisotopic (exact) mass is 224 g/mol. The molecule has 0 saturated heterocycles. The van der Waals surface area contributed by atoms with Crippen molar-refractivity contribution in [1.29, 1.82) is 0 Å². The lowest BCUT2D eigenvalue weighted by Gasteiger charge is -2.04. The quantitative estimate of drug-likeness (QED) is 0.593. The van der Waals surface area contributed by atoms with Gasteiger partial charge in [-0.05, 0) is 18.1 Å². The largest absolute Gasteiger partial charge is 0.508 e. The van der Waals surface area contributed by atoms with Crippen LogP contribution < -0.4 is 0 Å². The normalized spacial score (nSPS) is 9.81. The van der Waals surface area contributed by atoms with E-state index in [4.69, 9.17) is 5.11 Å². The predicted molar refractivity (Wildman–Crippen MR) is 54.9 cm³/mol. The fourth-order valence-corrected chi connectivity index (χ4v) is 1.21. The van der Waals surface area contributed by atoms with Gasteiger partial charge in [0, 0.05) is 13.0 Å². The number of hydrogen-bond acceptors (Lipinski definition) is 5. The van der Waals surface area contributed by atoms with Gasteiger partial charge in [-0.2, -0.15) is 0 Å². The molecular weight excluding hydrogens is 212 g/mol. The Hall–Kier alpha value is -2.04. The Morgan fingerprint density at radius 1 is 1.31 bits per heavy atom. The molecule has 1 aromatic rings. The van der Waals surface area contributed by atoms with E-state index in [2.05, 4.69) is 4.74 Å². The van der Waals surface area contributed by atoms with Crippen LogP contribution in [0.25, 0.3) is 0 Å². The Morgan fingerprint density at radius 3 is 2.56 bits per heavy atom. The summed E-state index contributed by atoms with van der Waals surface area (Å²) in [5.41, 5.74) is 0.512. The van der Waals surface area contributed by atoms with Gasteiger partial charge in [0.05, 0.1) is 6.42 Å². The Balaban J connectivity index is 2.54. The first kappa shape index (κ1) is 12.0. The van der Waals surface area contributed by atoms with Crippen LogP contribution >= 0.6 is 0 Å². The molecule has 2 N–H and O–H groups in total. The molecule has 0 atom stereocenters. The van der Waals surface area contributed by atoms with E-state index in [1.54, 1.807) is 0 Å². The zero-order chi connectivity index (χ0) is 12.1. The molecule has 0 fully saturated rings. The maximum absolute atomic E-state index is 11.0. The van der Waals surface area contributed by atoms with Crippen molar-refractivity contribution >= 4 is 11.9 Å². The summed E-state index contributed by atoms with van der Waals surface area (Å²) in [5, 5.41) is 18.4. The zero-order valence-corrected chi connectivity index (χ0v) is 8.77. The molecule has 0 unspecified atom stereocenters. The number of esters is 2. The summed E-state index contributed by atoms with van der Waals surface area (Å²) in [6.45, 7) is 1.15. The fraction of sp³-hybridized carbons (Fsp3) is 0.273. The van der Waals surface area contributed by atoms with E-state index in [0.29, 0.717) is 5.56 Å². The van der Waals surface area contributed by atoms with Gasteiger partial charge in [0.15, 0.2) is 0 Å². The van der Waals surface area contributed by atoms with Crippen LogP contribution in [0.15, 0.2) is 18.2 Å². The van der Waals surface area contributed by atoms with Gasteiger partial charge >= 0.3 is 11.9 Å². The van der Waals surface area contributed by atoms with Crippen molar-refractivity contribution in [1.82, 2.24) is 0 Å². The first-order valence-electron chi connectivity index (χ1n) is 4.71. The number of carbonyl (C=O) groups is 2. The van der Waals surface area contributed by atoms with Crippen LogP contribution in [0.2, 0.25) is 0 Å². The summed E-state index contributed by atoms with van der Waals surface area (Å²) in [6.07, 6.45) is 0.246. The third kappa shape index (κ3) is 3.61. The van der Waals surface area contributed by atoms with Crippen molar-refractivity contribution in [3.63, 3.8) is 0 Å². The Bertz CT molecular complexity index is 411. The molecule has 1 rings (SSSR count). The van der Waals surface area contributed by atoms with Crippen molar-refractivity contribution in [2.24, 2.45) is 0 Å². The maximum Gasteiger partial charge on any atom is 0.313 e. The molecule has 0 saturated carbocycles. The lowest BCUT2D eigenvalue weighted by molar-refractivity contribution is -0.157. The Morgan fingerprint density at radius 2 is 2.00 bits per heavy atom. The zero-order valence-electron chi connectivity index (χ0n) is 8.77. The van der Waals surface area contributed by atoms with E-state index in [-0.39, 0.29) is 24.3 Å². The summed E-state index contributed by atoms with van der Waals surface area (Å²) in [5.74, 6) is -1.43. The van der Waals surface area contributed by atoms with Gasteiger partial charge in [0.1, 0.15) is 11.5 Å². The SMILES string of the molecule is CC(=O)OC(=O)CCc1ccc(O)cc1O. The molecular formula is C11H12O5. The summed E-state index contributed by atoms with van der Waals surface area (Å²) in [7, 11) is 0. The van der Waals surface area contributed by atoms with E-state index in [1.807, 2.05) is 0 Å². The average molecular weight is 224 g/mol. The molecule has 0 heterocycles. The van der Waals surface area contributed by atoms with Gasteiger partial charge in [-0.1, -0.05) is 6.07 Å². The number of aromatic hydroxyl groups is 2. The first-order chi connectivity index (χ1) is 7.49. The van der Waals surface area contributed by atoms with Gasteiger partial charge in [0.25, 0.3) is 0 Å². The molecule has 0 bridgehead atoms. The highest BCUT2D eigenvalue weighted by Crippen LogP contribution is 2.23. The van der Waals surface area contributed by atoms with Crippen LogP contribution in [-0.4, -0.2) is 22.2 Å². The van der Waals surface area contributed by atoms with Crippen LogP contribution in [0.5, 0.6) is 11.5 Å². The van der Waals surface area contributed by atoms with Gasteiger partial charge in [0.2, 0.25) is 0 Å². The maximum atomic E-state index is 11.0. The number of benzene rings is 1. The van der Waals surface area contributed by atoms with E-state index in [1.165, 1.54) is 18.2 Å². The molecule has 0 aliphatic carbocycles. The Labute approximate surface area is 92.3 Å². The summed E-state index contributed by atoms with van der Waals surface area (Å²) >= 11 is 0. The van der Waals surface area contributed by atoms with Crippen LogP contribution in [0.3, 0.4) is 0 Å². The van der Waals surface area contributed by atoms with Crippen molar-refractivity contribution < 1.29 is 24.5 Å². The van der Waals surface area contributed by atoms with Gasteiger partial charge in [-0.25, -0.2) is 0 Å². The highest BCUT2D eigenvalue weighted by atomic mass is 16.6. The van der Waals surface area contributed by atoms with E-state index in [0.717, 1.165) is 6.92 Å². The number of phenols is 2. The number of ether oxygens (including phenoxy) is 1. The second-order valence-electron chi connectivity index (χ2n) is 3.28. The standard InChI is InChI=1S/C11H12O5/c1-7(12)16-11(15)5-3-8-2-4-9(13)6-10(8)14/h2,4,6,13-14H,3,5H2,1H3. The number of hydrogen-bond donors (Lipinski definition) is 2.